The standard InChI is InChI=1S/C22H21F3N2O5/c1-12(18(28)29)26-19(30)21(2,22(23,24)25)27-20(31)32-11-17-15-9-5-3-7-13(15)14-8-4-6-10-16(14)17/h3-10,12,17H,11H2,1-2H3,(H,26,30)(H,27,31)(H,28,29)/t12-,21?/m1/s1. The Morgan fingerprint density at radius 2 is 1.53 bits per heavy atom. The van der Waals surface area contributed by atoms with Gasteiger partial charge in [0.05, 0.1) is 0 Å². The van der Waals surface area contributed by atoms with Crippen LogP contribution in [0.4, 0.5) is 18.0 Å². The first-order valence-corrected chi connectivity index (χ1v) is 9.69. The topological polar surface area (TPSA) is 105 Å². The predicted molar refractivity (Wildman–Crippen MR) is 108 cm³/mol. The van der Waals surface area contributed by atoms with E-state index in [9.17, 15) is 27.6 Å². The average Bonchev–Trinajstić information content (AvgIpc) is 3.05. The lowest BCUT2D eigenvalue weighted by molar-refractivity contribution is -0.194. The van der Waals surface area contributed by atoms with Gasteiger partial charge < -0.3 is 15.2 Å². The summed E-state index contributed by atoms with van der Waals surface area (Å²) in [5, 5.41) is 12.1. The molecule has 3 N–H and O–H groups in total. The number of fused-ring (bicyclic) bond motifs is 3. The Kier molecular flexibility index (Phi) is 6.16. The fourth-order valence-corrected chi connectivity index (χ4v) is 3.50. The number of aliphatic carboxylic acids is 1. The second kappa shape index (κ2) is 8.52. The number of carboxylic acid groups (broad SMARTS) is 1. The Labute approximate surface area is 181 Å². The minimum absolute atomic E-state index is 0.249. The highest BCUT2D eigenvalue weighted by Gasteiger charge is 2.58. The molecule has 1 aliphatic rings. The van der Waals surface area contributed by atoms with E-state index in [1.54, 1.807) is 10.6 Å². The first-order chi connectivity index (χ1) is 15.0. The van der Waals surface area contributed by atoms with E-state index in [2.05, 4.69) is 0 Å². The van der Waals surface area contributed by atoms with Crippen LogP contribution in [0.2, 0.25) is 0 Å². The number of carbonyl (C=O) groups is 3. The summed E-state index contributed by atoms with van der Waals surface area (Å²) < 4.78 is 46.0. The van der Waals surface area contributed by atoms with E-state index in [0.29, 0.717) is 6.92 Å². The first-order valence-electron chi connectivity index (χ1n) is 9.69. The zero-order valence-electron chi connectivity index (χ0n) is 17.2. The van der Waals surface area contributed by atoms with Crippen molar-refractivity contribution in [3.05, 3.63) is 59.7 Å². The number of hydrogen-bond acceptors (Lipinski definition) is 4. The number of ether oxygens (including phenoxy) is 1. The SMILES string of the molecule is C[C@@H](NC(=O)C(C)(NC(=O)OCC1c2ccccc2-c2ccccc21)C(F)(F)F)C(=O)O. The van der Waals surface area contributed by atoms with E-state index in [0.717, 1.165) is 29.2 Å². The summed E-state index contributed by atoms with van der Waals surface area (Å²) in [6.07, 6.45) is -6.66. The number of rotatable bonds is 6. The molecular formula is C22H21F3N2O5. The molecule has 0 bridgehead atoms. The molecule has 170 valence electrons. The maximum atomic E-state index is 13.6. The van der Waals surface area contributed by atoms with Crippen molar-refractivity contribution in [1.82, 2.24) is 10.6 Å². The quantitative estimate of drug-likeness (QED) is 0.626. The minimum Gasteiger partial charge on any atom is -0.480 e. The Balaban J connectivity index is 1.75. The van der Waals surface area contributed by atoms with Crippen LogP contribution in [-0.4, -0.2) is 47.4 Å². The van der Waals surface area contributed by atoms with Gasteiger partial charge in [-0.2, -0.15) is 13.2 Å². The third-order valence-electron chi connectivity index (χ3n) is 5.43. The molecule has 2 atom stereocenters. The number of amides is 2. The molecule has 32 heavy (non-hydrogen) atoms. The maximum Gasteiger partial charge on any atom is 0.420 e. The molecule has 0 saturated heterocycles. The molecule has 0 fully saturated rings. The van der Waals surface area contributed by atoms with Crippen LogP contribution in [0, 0.1) is 0 Å². The van der Waals surface area contributed by atoms with Gasteiger partial charge in [-0.15, -0.1) is 0 Å². The van der Waals surface area contributed by atoms with Gasteiger partial charge in [0.2, 0.25) is 5.54 Å². The van der Waals surface area contributed by atoms with E-state index in [-0.39, 0.29) is 12.5 Å². The van der Waals surface area contributed by atoms with Crippen molar-refractivity contribution in [1.29, 1.82) is 0 Å². The van der Waals surface area contributed by atoms with Crippen molar-refractivity contribution in [3.8, 4) is 11.1 Å². The van der Waals surface area contributed by atoms with Gasteiger partial charge in [0, 0.05) is 5.92 Å². The highest BCUT2D eigenvalue weighted by atomic mass is 19.4. The predicted octanol–water partition coefficient (Wildman–Crippen LogP) is 3.44. The molecule has 0 aromatic heterocycles. The largest absolute Gasteiger partial charge is 0.480 e. The Morgan fingerprint density at radius 3 is 2.00 bits per heavy atom. The molecule has 0 spiro atoms. The van der Waals surface area contributed by atoms with E-state index in [1.165, 1.54) is 0 Å². The fraction of sp³-hybridized carbons (Fsp3) is 0.318. The lowest BCUT2D eigenvalue weighted by atomic mass is 9.98. The molecule has 0 aliphatic heterocycles. The number of alkyl carbamates (subject to hydrolysis) is 1. The molecule has 10 heteroatoms. The van der Waals surface area contributed by atoms with Gasteiger partial charge in [0.15, 0.2) is 0 Å². The Bertz CT molecular complexity index is 1010. The van der Waals surface area contributed by atoms with Gasteiger partial charge in [0.1, 0.15) is 12.6 Å². The van der Waals surface area contributed by atoms with Gasteiger partial charge in [-0.05, 0) is 36.1 Å². The average molecular weight is 450 g/mol. The van der Waals surface area contributed by atoms with Gasteiger partial charge in [-0.1, -0.05) is 48.5 Å². The van der Waals surface area contributed by atoms with Crippen molar-refractivity contribution in [3.63, 3.8) is 0 Å². The normalized spacial score (nSPS) is 15.7. The highest BCUT2D eigenvalue weighted by molar-refractivity contribution is 5.93. The lowest BCUT2D eigenvalue weighted by Gasteiger charge is -2.31. The molecule has 2 amide bonds. The number of carbonyl (C=O) groups excluding carboxylic acids is 2. The van der Waals surface area contributed by atoms with Crippen molar-refractivity contribution in [2.75, 3.05) is 6.61 Å². The van der Waals surface area contributed by atoms with Crippen LogP contribution in [0.5, 0.6) is 0 Å². The number of halogens is 3. The van der Waals surface area contributed by atoms with Gasteiger partial charge in [-0.3, -0.25) is 14.9 Å². The molecule has 2 aromatic carbocycles. The van der Waals surface area contributed by atoms with E-state index < -0.39 is 35.7 Å². The van der Waals surface area contributed by atoms with Crippen LogP contribution in [0.3, 0.4) is 0 Å². The third kappa shape index (κ3) is 4.25. The summed E-state index contributed by atoms with van der Waals surface area (Å²) >= 11 is 0. The van der Waals surface area contributed by atoms with Crippen LogP contribution < -0.4 is 10.6 Å². The van der Waals surface area contributed by atoms with Crippen LogP contribution in [0.1, 0.15) is 30.9 Å². The molecular weight excluding hydrogens is 429 g/mol. The molecule has 7 nitrogen and oxygen atoms in total. The van der Waals surface area contributed by atoms with Crippen molar-refractivity contribution in [2.45, 2.75) is 37.5 Å². The Hall–Kier alpha value is -3.56. The van der Waals surface area contributed by atoms with Crippen LogP contribution in [0.25, 0.3) is 11.1 Å². The zero-order chi connectivity index (χ0) is 23.7. The Morgan fingerprint density at radius 1 is 1.03 bits per heavy atom. The summed E-state index contributed by atoms with van der Waals surface area (Å²) in [5.74, 6) is -3.62. The number of hydrogen-bond donors (Lipinski definition) is 3. The monoisotopic (exact) mass is 450 g/mol. The molecule has 0 heterocycles. The maximum absolute atomic E-state index is 13.6. The van der Waals surface area contributed by atoms with E-state index >= 15 is 0 Å². The number of alkyl halides is 3. The fourth-order valence-electron chi connectivity index (χ4n) is 3.50. The number of nitrogens with one attached hydrogen (secondary N) is 2. The van der Waals surface area contributed by atoms with Crippen molar-refractivity contribution >= 4 is 18.0 Å². The summed E-state index contributed by atoms with van der Waals surface area (Å²) in [7, 11) is 0. The smallest absolute Gasteiger partial charge is 0.420 e. The third-order valence-corrected chi connectivity index (χ3v) is 5.43. The summed E-state index contributed by atoms with van der Waals surface area (Å²) in [4.78, 5) is 35.3. The van der Waals surface area contributed by atoms with Gasteiger partial charge in [0.25, 0.3) is 5.91 Å². The van der Waals surface area contributed by atoms with Gasteiger partial charge in [-0.25, -0.2) is 4.79 Å². The van der Waals surface area contributed by atoms with Crippen LogP contribution in [0.15, 0.2) is 48.5 Å². The van der Waals surface area contributed by atoms with E-state index in [1.807, 2.05) is 48.5 Å². The highest BCUT2D eigenvalue weighted by Crippen LogP contribution is 2.44. The van der Waals surface area contributed by atoms with E-state index in [4.69, 9.17) is 9.84 Å². The summed E-state index contributed by atoms with van der Waals surface area (Å²) in [5.41, 5.74) is 0.235. The molecule has 0 saturated carbocycles. The molecule has 0 radical (unpaired) electrons. The lowest BCUT2D eigenvalue weighted by Crippen LogP contribution is -2.66. The van der Waals surface area contributed by atoms with Crippen molar-refractivity contribution in [2.24, 2.45) is 0 Å². The first kappa shape index (κ1) is 23.1. The minimum atomic E-state index is -5.21. The van der Waals surface area contributed by atoms with Crippen LogP contribution >= 0.6 is 0 Å². The summed E-state index contributed by atoms with van der Waals surface area (Å²) in [6, 6.07) is 13.3. The molecule has 1 unspecified atom stereocenters. The zero-order valence-corrected chi connectivity index (χ0v) is 17.2. The van der Waals surface area contributed by atoms with Crippen LogP contribution in [-0.2, 0) is 14.3 Å². The number of benzene rings is 2. The molecule has 1 aliphatic carbocycles. The second-order valence-electron chi connectivity index (χ2n) is 7.61. The second-order valence-corrected chi connectivity index (χ2v) is 7.61. The number of carboxylic acids is 1. The molecule has 2 aromatic rings. The molecule has 3 rings (SSSR count). The summed E-state index contributed by atoms with van der Waals surface area (Å²) in [6.45, 7) is 1.20. The van der Waals surface area contributed by atoms with Gasteiger partial charge >= 0.3 is 18.2 Å². The van der Waals surface area contributed by atoms with Crippen molar-refractivity contribution < 1.29 is 37.4 Å².